The van der Waals surface area contributed by atoms with Crippen molar-refractivity contribution < 1.29 is 52.4 Å². The first-order valence-electron chi connectivity index (χ1n) is 21.4. The molecule has 5 heterocycles. The monoisotopic (exact) mass is 868 g/mol. The third kappa shape index (κ3) is 7.71. The van der Waals surface area contributed by atoms with Crippen molar-refractivity contribution >= 4 is 22.4 Å². The molecule has 328 valence electrons. The summed E-state index contributed by atoms with van der Waals surface area (Å²) in [6, 6.07) is 13.2. The molecule has 3 aromatic carbocycles. The lowest BCUT2D eigenvalue weighted by Crippen LogP contribution is -2.43. The minimum absolute atomic E-state index is 0.00342. The molecule has 9 rings (SSSR count). The van der Waals surface area contributed by atoms with Gasteiger partial charge in [0.25, 0.3) is 0 Å². The summed E-state index contributed by atoms with van der Waals surface area (Å²) in [5.41, 5.74) is -4.86. The number of alkyl halides is 5. The molecule has 0 bridgehead atoms. The molecule has 3 aliphatic heterocycles. The van der Waals surface area contributed by atoms with Crippen LogP contribution >= 0.6 is 0 Å². The van der Waals surface area contributed by atoms with E-state index in [1.165, 1.54) is 24.0 Å². The summed E-state index contributed by atoms with van der Waals surface area (Å²) in [5, 5.41) is -0.118. The number of fused-ring (bicyclic) bond motifs is 3. The maximum atomic E-state index is 17.5. The van der Waals surface area contributed by atoms with Crippen molar-refractivity contribution in [2.45, 2.75) is 69.4 Å². The number of benzene rings is 3. The lowest BCUT2D eigenvalue weighted by atomic mass is 9.95. The first-order valence-corrected chi connectivity index (χ1v) is 20.4. The number of rotatable bonds is 12. The van der Waals surface area contributed by atoms with E-state index >= 15 is 26.3 Å². The van der Waals surface area contributed by atoms with Gasteiger partial charge in [0.2, 0.25) is 0 Å². The van der Waals surface area contributed by atoms with Gasteiger partial charge in [0, 0.05) is 50.3 Å². The van der Waals surface area contributed by atoms with E-state index < -0.39 is 88.1 Å². The summed E-state index contributed by atoms with van der Waals surface area (Å²) in [6.07, 6.45) is -6.18. The Morgan fingerprint density at radius 3 is 2.27 bits per heavy atom. The van der Waals surface area contributed by atoms with Gasteiger partial charge in [-0.2, -0.15) is 23.1 Å². The van der Waals surface area contributed by atoms with Gasteiger partial charge in [0.05, 0.1) is 58.4 Å². The first kappa shape index (κ1) is 39.4. The van der Waals surface area contributed by atoms with Crippen molar-refractivity contribution in [3.05, 3.63) is 94.7 Å². The molecule has 0 amide bonds. The van der Waals surface area contributed by atoms with Gasteiger partial charge in [0.1, 0.15) is 53.2 Å². The standard InChI is InChI=1S/C45H45F7N6O4/c1-25-35(45(50,51)52)31(17-34(36(25)47)56(20-26-5-9-29(59-2)10-6-26)21-27-7-11-30(60-3)12-8-27)39-38(49)40-32(19-53-39)42(58-15-16-61-23-33-37(48)41(33)58)55-43(54-40)62-24-44-13-4-14-57(44)22-28(46)18-44/h5-12,17,19,28,33,37,41H,4,13-16,18,20-24H2,1-3H3/t28-,33+,37+,41+,44+/m1/s1/i24D2. The van der Waals surface area contributed by atoms with Crippen molar-refractivity contribution in [3.8, 4) is 28.8 Å². The Balaban J connectivity index is 1.21. The molecule has 0 N–H and O–H groups in total. The van der Waals surface area contributed by atoms with Crippen LogP contribution < -0.4 is 24.0 Å². The number of hydrogen-bond acceptors (Lipinski definition) is 10. The van der Waals surface area contributed by atoms with Crippen LogP contribution in [-0.4, -0.2) is 97.4 Å². The summed E-state index contributed by atoms with van der Waals surface area (Å²) < 4.78 is 150. The SMILES string of the molecule is [2H]C([2H])(Oc1nc(N2CCOC[C@H]3[C@H](F)[C@H]32)c2cnc(-c3cc(N(Cc4ccc(OC)cc4)Cc4ccc(OC)cc4)c(F)c(C)c3C(F)(F)F)c(F)c2n1)[C@@]12CCCN1C[C@H](F)C2. The molecule has 1 aliphatic carbocycles. The fourth-order valence-electron chi connectivity index (χ4n) is 9.25. The highest BCUT2D eigenvalue weighted by atomic mass is 19.4. The van der Waals surface area contributed by atoms with E-state index in [1.807, 2.05) is 0 Å². The van der Waals surface area contributed by atoms with Crippen LogP contribution in [0.5, 0.6) is 17.5 Å². The van der Waals surface area contributed by atoms with Gasteiger partial charge in [-0.1, -0.05) is 24.3 Å². The molecule has 0 spiro atoms. The molecule has 0 radical (unpaired) electrons. The zero-order chi connectivity index (χ0) is 45.3. The second-order valence-electron chi connectivity index (χ2n) is 16.3. The maximum absolute atomic E-state index is 17.5. The largest absolute Gasteiger partial charge is 0.497 e. The molecule has 17 heteroatoms. The summed E-state index contributed by atoms with van der Waals surface area (Å²) in [5.74, 6) is -2.10. The molecular weight excluding hydrogens is 822 g/mol. The van der Waals surface area contributed by atoms with Gasteiger partial charge in [-0.3, -0.25) is 9.88 Å². The van der Waals surface area contributed by atoms with Crippen LogP contribution in [0, 0.1) is 24.5 Å². The lowest BCUT2D eigenvalue weighted by molar-refractivity contribution is -0.137. The Morgan fingerprint density at radius 1 is 0.952 bits per heavy atom. The average molecular weight is 869 g/mol. The average Bonchev–Trinajstić information content (AvgIpc) is 3.62. The first-order chi connectivity index (χ1) is 30.5. The minimum Gasteiger partial charge on any atom is -0.497 e. The van der Waals surface area contributed by atoms with Crippen LogP contribution in [0.1, 0.15) is 44.3 Å². The molecule has 5 atom stereocenters. The van der Waals surface area contributed by atoms with Crippen molar-refractivity contribution in [2.24, 2.45) is 5.92 Å². The topological polar surface area (TPSA) is 85.3 Å². The van der Waals surface area contributed by atoms with Crippen LogP contribution in [0.4, 0.5) is 42.2 Å². The van der Waals surface area contributed by atoms with E-state index in [1.54, 1.807) is 53.4 Å². The number of hydrogen-bond donors (Lipinski definition) is 0. The highest BCUT2D eigenvalue weighted by molar-refractivity contribution is 5.93. The van der Waals surface area contributed by atoms with Crippen LogP contribution in [0.25, 0.3) is 22.2 Å². The van der Waals surface area contributed by atoms with Crippen LogP contribution in [0.2, 0.25) is 0 Å². The van der Waals surface area contributed by atoms with Crippen LogP contribution in [-0.2, 0) is 24.0 Å². The summed E-state index contributed by atoms with van der Waals surface area (Å²) >= 11 is 0. The molecule has 1 saturated carbocycles. The fraction of sp³-hybridized carbons (Fsp3) is 0.444. The van der Waals surface area contributed by atoms with Crippen molar-refractivity contribution in [1.82, 2.24) is 19.9 Å². The molecule has 0 unspecified atom stereocenters. The Hall–Kier alpha value is -5.42. The molecule has 4 aliphatic rings. The van der Waals surface area contributed by atoms with Gasteiger partial charge >= 0.3 is 12.2 Å². The Kier molecular flexibility index (Phi) is 10.4. The van der Waals surface area contributed by atoms with Gasteiger partial charge < -0.3 is 28.7 Å². The Bertz CT molecular complexity index is 2510. The van der Waals surface area contributed by atoms with E-state index in [-0.39, 0.29) is 69.1 Å². The quantitative estimate of drug-likeness (QED) is 0.114. The number of pyridine rings is 1. The minimum atomic E-state index is -5.20. The smallest absolute Gasteiger partial charge is 0.417 e. The second-order valence-corrected chi connectivity index (χ2v) is 16.3. The zero-order valence-corrected chi connectivity index (χ0v) is 34.1. The fourth-order valence-corrected chi connectivity index (χ4v) is 9.25. The van der Waals surface area contributed by atoms with E-state index in [0.717, 1.165) is 19.2 Å². The summed E-state index contributed by atoms with van der Waals surface area (Å²) in [4.78, 5) is 17.7. The Morgan fingerprint density at radius 2 is 1.63 bits per heavy atom. The predicted octanol–water partition coefficient (Wildman–Crippen LogP) is 8.65. The molecule has 62 heavy (non-hydrogen) atoms. The molecular formula is C45H45F7N6O4. The Labute approximate surface area is 356 Å². The van der Waals surface area contributed by atoms with Crippen molar-refractivity contribution in [2.75, 3.05) is 63.4 Å². The van der Waals surface area contributed by atoms with E-state index in [9.17, 15) is 4.39 Å². The second kappa shape index (κ2) is 16.4. The lowest BCUT2D eigenvalue weighted by Gasteiger charge is -2.31. The van der Waals surface area contributed by atoms with Gasteiger partial charge in [-0.05, 0) is 73.3 Å². The van der Waals surface area contributed by atoms with Crippen LogP contribution in [0.15, 0.2) is 60.8 Å². The van der Waals surface area contributed by atoms with Crippen molar-refractivity contribution in [3.63, 3.8) is 0 Å². The molecule has 4 fully saturated rings. The summed E-state index contributed by atoms with van der Waals surface area (Å²) in [6.45, 7) is -0.937. The summed E-state index contributed by atoms with van der Waals surface area (Å²) in [7, 11) is 3.00. The number of aromatic nitrogens is 3. The van der Waals surface area contributed by atoms with Crippen LogP contribution in [0.3, 0.4) is 0 Å². The third-order valence-electron chi connectivity index (χ3n) is 12.5. The number of ether oxygens (including phenoxy) is 4. The molecule has 3 saturated heterocycles. The number of halogens is 7. The number of nitrogens with zero attached hydrogens (tertiary/aromatic N) is 6. The molecule has 10 nitrogen and oxygen atoms in total. The molecule has 2 aromatic heterocycles. The zero-order valence-electron chi connectivity index (χ0n) is 36.1. The van der Waals surface area contributed by atoms with E-state index in [2.05, 4.69) is 15.0 Å². The number of methoxy groups -OCH3 is 2. The normalized spacial score (nSPS) is 24.3. The number of anilines is 2. The molecule has 5 aromatic rings. The predicted molar refractivity (Wildman–Crippen MR) is 217 cm³/mol. The third-order valence-corrected chi connectivity index (χ3v) is 12.5. The van der Waals surface area contributed by atoms with E-state index in [0.29, 0.717) is 35.6 Å². The van der Waals surface area contributed by atoms with Gasteiger partial charge in [-0.25, -0.2) is 17.6 Å². The van der Waals surface area contributed by atoms with Crippen molar-refractivity contribution in [1.29, 1.82) is 0 Å². The van der Waals surface area contributed by atoms with Gasteiger partial charge in [-0.15, -0.1) is 0 Å². The van der Waals surface area contributed by atoms with Gasteiger partial charge in [0.15, 0.2) is 5.82 Å². The highest BCUT2D eigenvalue weighted by Crippen LogP contribution is 2.48. The maximum Gasteiger partial charge on any atom is 0.417 e. The van der Waals surface area contributed by atoms with E-state index in [4.69, 9.17) is 21.7 Å². The highest BCUT2D eigenvalue weighted by Gasteiger charge is 2.57.